The highest BCUT2D eigenvalue weighted by molar-refractivity contribution is 7.80. The Kier molecular flexibility index (Phi) is 7.32. The van der Waals surface area contributed by atoms with Crippen LogP contribution in [0.2, 0.25) is 0 Å². The molecule has 1 aromatic rings. The molecule has 19 heavy (non-hydrogen) atoms. The van der Waals surface area contributed by atoms with Gasteiger partial charge in [0.2, 0.25) is 0 Å². The number of aryl methyl sites for hydroxylation is 1. The van der Waals surface area contributed by atoms with Crippen LogP contribution in [0.15, 0.2) is 18.3 Å². The number of hydrogen-bond acceptors (Lipinski definition) is 4. The number of hydrogen-bond donors (Lipinski definition) is 2. The monoisotopic (exact) mass is 283 g/mol. The maximum atomic E-state index is 5.41. The molecule has 0 bridgehead atoms. The fourth-order valence-electron chi connectivity index (χ4n) is 1.42. The second-order valence-corrected chi connectivity index (χ2v) is 4.30. The fourth-order valence-corrected chi connectivity index (χ4v) is 1.60. The minimum absolute atomic E-state index is 0.291. The highest BCUT2D eigenvalue weighted by Gasteiger charge is 2.08. The SMILES string of the molecule is CCOC(CNC(=S)Nc1ccc(C)cn1)OCC. The second kappa shape index (κ2) is 8.79. The summed E-state index contributed by atoms with van der Waals surface area (Å²) in [6.07, 6.45) is 1.49. The number of ether oxygens (including phenoxy) is 2. The molecule has 0 aliphatic heterocycles. The van der Waals surface area contributed by atoms with E-state index in [1.807, 2.05) is 32.9 Å². The molecule has 6 heteroatoms. The highest BCUT2D eigenvalue weighted by Crippen LogP contribution is 2.03. The first-order chi connectivity index (χ1) is 9.15. The summed E-state index contributed by atoms with van der Waals surface area (Å²) in [5.41, 5.74) is 1.11. The van der Waals surface area contributed by atoms with Crippen molar-refractivity contribution >= 4 is 23.1 Å². The van der Waals surface area contributed by atoms with Crippen LogP contribution in [0, 0.1) is 6.92 Å². The summed E-state index contributed by atoms with van der Waals surface area (Å²) in [4.78, 5) is 4.22. The molecule has 1 aromatic heterocycles. The lowest BCUT2D eigenvalue weighted by atomic mass is 10.3. The number of nitrogens with one attached hydrogen (secondary N) is 2. The molecule has 106 valence electrons. The third-order valence-electron chi connectivity index (χ3n) is 2.29. The number of nitrogens with zero attached hydrogens (tertiary/aromatic N) is 1. The van der Waals surface area contributed by atoms with E-state index >= 15 is 0 Å². The van der Waals surface area contributed by atoms with Crippen molar-refractivity contribution in [3.8, 4) is 0 Å². The molecular formula is C13H21N3O2S. The van der Waals surface area contributed by atoms with Crippen molar-refractivity contribution in [2.75, 3.05) is 25.1 Å². The van der Waals surface area contributed by atoms with E-state index in [2.05, 4.69) is 15.6 Å². The number of aromatic nitrogens is 1. The van der Waals surface area contributed by atoms with Gasteiger partial charge in [-0.05, 0) is 44.6 Å². The normalized spacial score (nSPS) is 10.5. The van der Waals surface area contributed by atoms with Crippen LogP contribution in [-0.2, 0) is 9.47 Å². The minimum Gasteiger partial charge on any atom is -0.357 e. The second-order valence-electron chi connectivity index (χ2n) is 3.90. The lowest BCUT2D eigenvalue weighted by molar-refractivity contribution is -0.130. The van der Waals surface area contributed by atoms with E-state index in [0.29, 0.717) is 30.7 Å². The third kappa shape index (κ3) is 6.47. The summed E-state index contributed by atoms with van der Waals surface area (Å²) >= 11 is 5.18. The van der Waals surface area contributed by atoms with Crippen LogP contribution in [-0.4, -0.2) is 36.1 Å². The number of rotatable bonds is 7. The molecule has 0 saturated carbocycles. The van der Waals surface area contributed by atoms with Crippen molar-refractivity contribution < 1.29 is 9.47 Å². The summed E-state index contributed by atoms with van der Waals surface area (Å²) in [5.74, 6) is 0.715. The van der Waals surface area contributed by atoms with Gasteiger partial charge in [0.15, 0.2) is 11.4 Å². The Hall–Kier alpha value is -1.24. The predicted molar refractivity (Wildman–Crippen MR) is 80.2 cm³/mol. The first-order valence-electron chi connectivity index (χ1n) is 6.36. The van der Waals surface area contributed by atoms with Crippen molar-refractivity contribution in [3.63, 3.8) is 0 Å². The number of pyridine rings is 1. The lowest BCUT2D eigenvalue weighted by Crippen LogP contribution is -2.37. The van der Waals surface area contributed by atoms with E-state index < -0.39 is 0 Å². The molecule has 0 aliphatic carbocycles. The molecule has 1 rings (SSSR count). The lowest BCUT2D eigenvalue weighted by Gasteiger charge is -2.18. The summed E-state index contributed by atoms with van der Waals surface area (Å²) in [5, 5.41) is 6.55. The summed E-state index contributed by atoms with van der Waals surface area (Å²) in [6, 6.07) is 3.85. The van der Waals surface area contributed by atoms with Crippen LogP contribution in [0.5, 0.6) is 0 Å². The smallest absolute Gasteiger partial charge is 0.174 e. The zero-order valence-corrected chi connectivity index (χ0v) is 12.4. The molecule has 0 saturated heterocycles. The molecule has 0 fully saturated rings. The zero-order valence-electron chi connectivity index (χ0n) is 11.6. The third-order valence-corrected chi connectivity index (χ3v) is 2.53. The van der Waals surface area contributed by atoms with E-state index in [1.54, 1.807) is 6.20 Å². The van der Waals surface area contributed by atoms with Gasteiger partial charge in [0.1, 0.15) is 5.82 Å². The van der Waals surface area contributed by atoms with Gasteiger partial charge < -0.3 is 20.1 Å². The molecular weight excluding hydrogens is 262 g/mol. The Morgan fingerprint density at radius 3 is 2.53 bits per heavy atom. The molecule has 5 nitrogen and oxygen atoms in total. The van der Waals surface area contributed by atoms with E-state index in [0.717, 1.165) is 5.56 Å². The molecule has 2 N–H and O–H groups in total. The minimum atomic E-state index is -0.291. The van der Waals surface area contributed by atoms with Crippen LogP contribution < -0.4 is 10.6 Å². The van der Waals surface area contributed by atoms with Crippen LogP contribution in [0.3, 0.4) is 0 Å². The van der Waals surface area contributed by atoms with Crippen molar-refractivity contribution in [1.82, 2.24) is 10.3 Å². The van der Waals surface area contributed by atoms with Crippen molar-refractivity contribution in [2.45, 2.75) is 27.1 Å². The Morgan fingerprint density at radius 2 is 2.00 bits per heavy atom. The van der Waals surface area contributed by atoms with E-state index in [4.69, 9.17) is 21.7 Å². The maximum Gasteiger partial charge on any atom is 0.174 e. The molecule has 0 amide bonds. The van der Waals surface area contributed by atoms with Gasteiger partial charge in [0.05, 0.1) is 6.54 Å². The maximum absolute atomic E-state index is 5.41. The Balaban J connectivity index is 2.35. The van der Waals surface area contributed by atoms with Gasteiger partial charge in [0, 0.05) is 19.4 Å². The van der Waals surface area contributed by atoms with Gasteiger partial charge in [0.25, 0.3) is 0 Å². The van der Waals surface area contributed by atoms with Gasteiger partial charge in [-0.1, -0.05) is 6.07 Å². The molecule has 0 spiro atoms. The van der Waals surface area contributed by atoms with Gasteiger partial charge in [-0.25, -0.2) is 4.98 Å². The zero-order chi connectivity index (χ0) is 14.1. The topological polar surface area (TPSA) is 55.4 Å². The van der Waals surface area contributed by atoms with Crippen molar-refractivity contribution in [1.29, 1.82) is 0 Å². The molecule has 0 radical (unpaired) electrons. The standard InChI is InChI=1S/C13H21N3O2S/c1-4-17-12(18-5-2)9-15-13(19)16-11-7-6-10(3)8-14-11/h6-8,12H,4-5,9H2,1-3H3,(H2,14,15,16,19). The molecule has 0 aliphatic rings. The summed E-state index contributed by atoms with van der Waals surface area (Å²) in [6.45, 7) is 7.55. The summed E-state index contributed by atoms with van der Waals surface area (Å²) in [7, 11) is 0. The Labute approximate surface area is 119 Å². The van der Waals surface area contributed by atoms with Crippen LogP contribution >= 0.6 is 12.2 Å². The van der Waals surface area contributed by atoms with Gasteiger partial charge in [-0.2, -0.15) is 0 Å². The first-order valence-corrected chi connectivity index (χ1v) is 6.77. The molecule has 0 aromatic carbocycles. The van der Waals surface area contributed by atoms with Gasteiger partial charge >= 0.3 is 0 Å². The molecule has 0 unspecified atom stereocenters. The van der Waals surface area contributed by atoms with Crippen molar-refractivity contribution in [2.24, 2.45) is 0 Å². The van der Waals surface area contributed by atoms with E-state index in [9.17, 15) is 0 Å². The van der Waals surface area contributed by atoms with Crippen LogP contribution in [0.1, 0.15) is 19.4 Å². The average Bonchev–Trinajstić information content (AvgIpc) is 2.39. The number of thiocarbonyl (C=S) groups is 1. The predicted octanol–water partition coefficient (Wildman–Crippen LogP) is 2.08. The highest BCUT2D eigenvalue weighted by atomic mass is 32.1. The van der Waals surface area contributed by atoms with Crippen LogP contribution in [0.25, 0.3) is 0 Å². The van der Waals surface area contributed by atoms with E-state index in [1.165, 1.54) is 0 Å². The Morgan fingerprint density at radius 1 is 1.32 bits per heavy atom. The van der Waals surface area contributed by atoms with Crippen LogP contribution in [0.4, 0.5) is 5.82 Å². The van der Waals surface area contributed by atoms with E-state index in [-0.39, 0.29) is 6.29 Å². The van der Waals surface area contributed by atoms with Crippen molar-refractivity contribution in [3.05, 3.63) is 23.9 Å². The molecule has 0 atom stereocenters. The van der Waals surface area contributed by atoms with Gasteiger partial charge in [-0.15, -0.1) is 0 Å². The fraction of sp³-hybridized carbons (Fsp3) is 0.538. The summed E-state index contributed by atoms with van der Waals surface area (Å²) < 4.78 is 10.8. The average molecular weight is 283 g/mol. The quantitative estimate of drug-likeness (QED) is 0.590. The largest absolute Gasteiger partial charge is 0.357 e. The number of anilines is 1. The van der Waals surface area contributed by atoms with Gasteiger partial charge in [-0.3, -0.25) is 0 Å². The first kappa shape index (κ1) is 15.8. The molecule has 1 heterocycles. The Bertz CT molecular complexity index is 378.